The van der Waals surface area contributed by atoms with Gasteiger partial charge in [-0.15, -0.1) is 0 Å². The Hall–Kier alpha value is -1.05. The molecule has 1 aromatic heterocycles. The third kappa shape index (κ3) is 3.77. The number of hydrogen-bond donors (Lipinski definition) is 0. The van der Waals surface area contributed by atoms with Crippen LogP contribution in [0.5, 0.6) is 0 Å². The van der Waals surface area contributed by atoms with Gasteiger partial charge >= 0.3 is 0 Å². The Morgan fingerprint density at radius 1 is 1.43 bits per heavy atom. The highest BCUT2D eigenvalue weighted by Crippen LogP contribution is 2.19. The van der Waals surface area contributed by atoms with Crippen LogP contribution in [-0.4, -0.2) is 10.4 Å². The summed E-state index contributed by atoms with van der Waals surface area (Å²) in [5.74, 6) is 0.299. The van der Waals surface area contributed by atoms with Crippen LogP contribution in [0.3, 0.4) is 0 Å². The maximum absolute atomic E-state index is 11.6. The van der Waals surface area contributed by atoms with Gasteiger partial charge in [-0.1, -0.05) is 20.8 Å². The summed E-state index contributed by atoms with van der Waals surface area (Å²) in [7, 11) is 0. The minimum atomic E-state index is 0.0965. The molecule has 0 spiro atoms. The van der Waals surface area contributed by atoms with Crippen molar-refractivity contribution in [1.29, 1.82) is 0 Å². The molecule has 78 valence electrons. The summed E-state index contributed by atoms with van der Waals surface area (Å²) in [5.41, 5.74) is 1.30. The van der Waals surface area contributed by atoms with Gasteiger partial charge in [0.05, 0.1) is 6.54 Å². The van der Waals surface area contributed by atoms with Crippen molar-refractivity contribution < 1.29 is 4.79 Å². The van der Waals surface area contributed by atoms with Gasteiger partial charge in [-0.2, -0.15) is 0 Å². The molecule has 0 N–H and O–H groups in total. The summed E-state index contributed by atoms with van der Waals surface area (Å²) in [6.07, 6.45) is 4.60. The quantitative estimate of drug-likeness (QED) is 0.723. The third-order valence-corrected chi connectivity index (χ3v) is 1.98. The number of aromatic nitrogens is 1. The van der Waals surface area contributed by atoms with Crippen molar-refractivity contribution >= 4 is 5.78 Å². The van der Waals surface area contributed by atoms with Crippen LogP contribution in [0, 0.1) is 12.3 Å². The second-order valence-corrected chi connectivity index (χ2v) is 5.14. The molecule has 1 heterocycles. The van der Waals surface area contributed by atoms with E-state index in [0.717, 1.165) is 0 Å². The monoisotopic (exact) mass is 193 g/mol. The number of aryl methyl sites for hydroxylation is 1. The lowest BCUT2D eigenvalue weighted by Gasteiger charge is -2.16. The van der Waals surface area contributed by atoms with Crippen molar-refractivity contribution in [1.82, 2.24) is 4.57 Å². The van der Waals surface area contributed by atoms with E-state index < -0.39 is 0 Å². The van der Waals surface area contributed by atoms with E-state index in [1.54, 1.807) is 0 Å². The standard InChI is InChI=1S/C12H19NO/c1-10-5-6-13(8-10)9-11(14)7-12(2,3)4/h5-6,8H,7,9H2,1-4H3. The Labute approximate surface area is 85.9 Å². The van der Waals surface area contributed by atoms with Crippen LogP contribution in [0.15, 0.2) is 18.5 Å². The van der Waals surface area contributed by atoms with Crippen LogP contribution in [0.1, 0.15) is 32.8 Å². The van der Waals surface area contributed by atoms with Crippen LogP contribution < -0.4 is 0 Å². The average molecular weight is 193 g/mol. The second-order valence-electron chi connectivity index (χ2n) is 5.14. The van der Waals surface area contributed by atoms with Crippen molar-refractivity contribution in [3.63, 3.8) is 0 Å². The van der Waals surface area contributed by atoms with E-state index in [1.807, 2.05) is 30.0 Å². The SMILES string of the molecule is Cc1ccn(CC(=O)CC(C)(C)C)c1. The summed E-state index contributed by atoms with van der Waals surface area (Å²) < 4.78 is 1.95. The molecule has 0 radical (unpaired) electrons. The van der Waals surface area contributed by atoms with Gasteiger partial charge in [0.25, 0.3) is 0 Å². The Balaban J connectivity index is 2.50. The van der Waals surface area contributed by atoms with E-state index in [0.29, 0.717) is 18.7 Å². The zero-order valence-electron chi connectivity index (χ0n) is 9.50. The predicted octanol–water partition coefficient (Wildman–Crippen LogP) is 2.80. The minimum Gasteiger partial charge on any atom is -0.347 e. The van der Waals surface area contributed by atoms with E-state index in [-0.39, 0.29) is 5.41 Å². The molecule has 0 aliphatic carbocycles. The summed E-state index contributed by atoms with van der Waals surface area (Å²) in [4.78, 5) is 11.6. The van der Waals surface area contributed by atoms with E-state index in [2.05, 4.69) is 20.8 Å². The summed E-state index contributed by atoms with van der Waals surface area (Å²) >= 11 is 0. The summed E-state index contributed by atoms with van der Waals surface area (Å²) in [6.45, 7) is 8.80. The van der Waals surface area contributed by atoms with Crippen molar-refractivity contribution in [2.45, 2.75) is 40.7 Å². The molecular formula is C12H19NO. The molecule has 2 nitrogen and oxygen atoms in total. The molecule has 0 aliphatic rings. The molecule has 0 aromatic carbocycles. The molecular weight excluding hydrogens is 174 g/mol. The van der Waals surface area contributed by atoms with E-state index >= 15 is 0 Å². The highest BCUT2D eigenvalue weighted by molar-refractivity contribution is 5.78. The fraction of sp³-hybridized carbons (Fsp3) is 0.583. The molecule has 14 heavy (non-hydrogen) atoms. The van der Waals surface area contributed by atoms with Gasteiger partial charge in [0, 0.05) is 18.8 Å². The van der Waals surface area contributed by atoms with Crippen molar-refractivity contribution in [3.05, 3.63) is 24.0 Å². The first-order chi connectivity index (χ1) is 6.37. The molecule has 0 unspecified atom stereocenters. The predicted molar refractivity (Wildman–Crippen MR) is 58.2 cm³/mol. The van der Waals surface area contributed by atoms with Crippen LogP contribution in [0.2, 0.25) is 0 Å². The number of carbonyl (C=O) groups is 1. The lowest BCUT2D eigenvalue weighted by Crippen LogP contribution is -2.17. The van der Waals surface area contributed by atoms with Crippen molar-refractivity contribution in [3.8, 4) is 0 Å². The zero-order chi connectivity index (χ0) is 10.8. The highest BCUT2D eigenvalue weighted by Gasteiger charge is 2.15. The minimum absolute atomic E-state index is 0.0965. The van der Waals surface area contributed by atoms with Crippen LogP contribution >= 0.6 is 0 Å². The lowest BCUT2D eigenvalue weighted by molar-refractivity contribution is -0.121. The molecule has 0 bridgehead atoms. The molecule has 0 atom stereocenters. The number of carbonyl (C=O) groups excluding carboxylic acids is 1. The highest BCUT2D eigenvalue weighted by atomic mass is 16.1. The molecule has 0 amide bonds. The first kappa shape index (κ1) is 11.0. The summed E-state index contributed by atoms with van der Waals surface area (Å²) in [6, 6.07) is 2.02. The van der Waals surface area contributed by atoms with Gasteiger partial charge in [0.1, 0.15) is 0 Å². The summed E-state index contributed by atoms with van der Waals surface area (Å²) in [5, 5.41) is 0. The Morgan fingerprint density at radius 2 is 2.07 bits per heavy atom. The number of hydrogen-bond acceptors (Lipinski definition) is 1. The number of ketones is 1. The van der Waals surface area contributed by atoms with Crippen LogP contribution in [0.25, 0.3) is 0 Å². The van der Waals surface area contributed by atoms with E-state index in [9.17, 15) is 4.79 Å². The largest absolute Gasteiger partial charge is 0.347 e. The number of rotatable bonds is 3. The maximum atomic E-state index is 11.6. The molecule has 1 rings (SSSR count). The zero-order valence-corrected chi connectivity index (χ0v) is 9.50. The Kier molecular flexibility index (Phi) is 3.14. The normalized spacial score (nSPS) is 11.7. The van der Waals surface area contributed by atoms with Gasteiger partial charge < -0.3 is 4.57 Å². The van der Waals surface area contributed by atoms with Crippen molar-refractivity contribution in [2.24, 2.45) is 5.41 Å². The Bertz CT molecular complexity index is 317. The van der Waals surface area contributed by atoms with Crippen LogP contribution in [0.4, 0.5) is 0 Å². The molecule has 0 saturated heterocycles. The molecule has 0 saturated carbocycles. The van der Waals surface area contributed by atoms with Gasteiger partial charge in [-0.05, 0) is 24.0 Å². The van der Waals surface area contributed by atoms with Gasteiger partial charge in [0.15, 0.2) is 5.78 Å². The van der Waals surface area contributed by atoms with Crippen molar-refractivity contribution in [2.75, 3.05) is 0 Å². The van der Waals surface area contributed by atoms with Gasteiger partial charge in [0.2, 0.25) is 0 Å². The van der Waals surface area contributed by atoms with Gasteiger partial charge in [-0.25, -0.2) is 0 Å². The molecule has 0 aliphatic heterocycles. The van der Waals surface area contributed by atoms with E-state index in [1.165, 1.54) is 5.56 Å². The maximum Gasteiger partial charge on any atom is 0.153 e. The topological polar surface area (TPSA) is 22.0 Å². The first-order valence-corrected chi connectivity index (χ1v) is 5.01. The molecule has 2 heteroatoms. The fourth-order valence-corrected chi connectivity index (χ4v) is 1.51. The second kappa shape index (κ2) is 3.99. The first-order valence-electron chi connectivity index (χ1n) is 5.01. The Morgan fingerprint density at radius 3 is 2.50 bits per heavy atom. The average Bonchev–Trinajstić information content (AvgIpc) is 2.30. The van der Waals surface area contributed by atoms with Crippen LogP contribution in [-0.2, 0) is 11.3 Å². The molecule has 1 aromatic rings. The fourth-order valence-electron chi connectivity index (χ4n) is 1.51. The smallest absolute Gasteiger partial charge is 0.153 e. The van der Waals surface area contributed by atoms with E-state index in [4.69, 9.17) is 0 Å². The molecule has 0 fully saturated rings. The van der Waals surface area contributed by atoms with Gasteiger partial charge in [-0.3, -0.25) is 4.79 Å². The third-order valence-electron chi connectivity index (χ3n) is 1.98. The number of Topliss-reactive ketones (excluding diaryl/α,β-unsaturated/α-hetero) is 1. The number of nitrogens with zero attached hydrogens (tertiary/aromatic N) is 1. The lowest BCUT2D eigenvalue weighted by atomic mass is 9.90.